The summed E-state index contributed by atoms with van der Waals surface area (Å²) >= 11 is 0. The Morgan fingerprint density at radius 3 is 0.923 bits per heavy atom. The van der Waals surface area contributed by atoms with E-state index in [-0.39, 0.29) is 36.4 Å². The van der Waals surface area contributed by atoms with Gasteiger partial charge in [0.2, 0.25) is 0 Å². The van der Waals surface area contributed by atoms with Crippen LogP contribution >= 0.6 is 0 Å². The summed E-state index contributed by atoms with van der Waals surface area (Å²) in [5.74, 6) is 0. The first-order valence-electron chi connectivity index (χ1n) is 2.16. The van der Waals surface area contributed by atoms with E-state index in [1.165, 1.54) is 6.92 Å². The molecule has 5 heteroatoms. The lowest BCUT2D eigenvalue weighted by atomic mass is 10.8. The van der Waals surface area contributed by atoms with Gasteiger partial charge in [0.1, 0.15) is 0 Å². The second-order valence-electron chi connectivity index (χ2n) is 1.02. The van der Waals surface area contributed by atoms with Crippen LogP contribution in [0.4, 0.5) is 22.0 Å². The molecule has 0 rings (SSSR count). The zero-order chi connectivity index (χ0) is 7.91. The van der Waals surface area contributed by atoms with E-state index in [9.17, 15) is 22.0 Å². The highest BCUT2D eigenvalue weighted by atomic mass is 19.4. The first kappa shape index (κ1) is 38.8. The number of rotatable bonds is 0. The molecule has 0 aromatic rings. The molecular formula is C8H23F5. The Hall–Kier alpha value is -0.350. The smallest absolute Gasteiger partial charge is 0.251 e. The summed E-state index contributed by atoms with van der Waals surface area (Å²) in [4.78, 5) is 0. The van der Waals surface area contributed by atoms with Gasteiger partial charge < -0.3 is 0 Å². The fraction of sp³-hybridized carbons (Fsp3) is 1.00. The van der Waals surface area contributed by atoms with Crippen molar-refractivity contribution in [3.63, 3.8) is 0 Å². The third-order valence-electron chi connectivity index (χ3n) is 0.152. The van der Waals surface area contributed by atoms with Gasteiger partial charge in [-0.25, -0.2) is 4.39 Å². The lowest BCUT2D eigenvalue weighted by molar-refractivity contribution is -0.142. The van der Waals surface area contributed by atoms with Crippen LogP contribution in [0.2, 0.25) is 0 Å². The largest absolute Gasteiger partial charge is 0.416 e. The third-order valence-corrected chi connectivity index (χ3v) is 0.152. The van der Waals surface area contributed by atoms with Gasteiger partial charge in [0.05, 0.1) is 6.67 Å². The Balaban J connectivity index is -0.0000000160. The van der Waals surface area contributed by atoms with Crippen molar-refractivity contribution in [3.05, 3.63) is 0 Å². The predicted octanol–water partition coefficient (Wildman–Crippen LogP) is 5.04. The monoisotopic (exact) mass is 214 g/mol. The maximum absolute atomic E-state index is 10.4. The van der Waals surface area contributed by atoms with Crippen molar-refractivity contribution < 1.29 is 22.0 Å². The molecule has 13 heavy (non-hydrogen) atoms. The number of hydrogen-bond donors (Lipinski definition) is 0. The lowest BCUT2D eigenvalue weighted by Gasteiger charge is -1.93. The number of hydrogen-bond acceptors (Lipinski definition) is 0. The Labute approximate surface area is 79.2 Å². The molecule has 0 heterocycles. The van der Waals surface area contributed by atoms with E-state index < -0.39 is 12.9 Å². The van der Waals surface area contributed by atoms with Gasteiger partial charge in [0.25, 0.3) is 0 Å². The molecule has 0 saturated heterocycles. The summed E-state index contributed by atoms with van der Waals surface area (Å²) in [6.45, 7) is -1.02. The zero-order valence-electron chi connectivity index (χ0n) is 4.80. The van der Waals surface area contributed by atoms with Gasteiger partial charge in [-0.1, -0.05) is 29.7 Å². The second-order valence-corrected chi connectivity index (χ2v) is 1.02. The SMILES string of the molecule is C.C.C.C.CCF.FCC(F)(F)F. The highest BCUT2D eigenvalue weighted by molar-refractivity contribution is 4.39. The minimum Gasteiger partial charge on any atom is -0.251 e. The first-order chi connectivity index (χ1) is 3.97. The van der Waals surface area contributed by atoms with Crippen molar-refractivity contribution >= 4 is 0 Å². The van der Waals surface area contributed by atoms with Gasteiger partial charge in [-0.2, -0.15) is 13.2 Å². The molecule has 0 spiro atoms. The van der Waals surface area contributed by atoms with Crippen molar-refractivity contribution in [2.45, 2.75) is 42.8 Å². The maximum atomic E-state index is 10.4. The van der Waals surface area contributed by atoms with Crippen LogP contribution in [0.3, 0.4) is 0 Å². The van der Waals surface area contributed by atoms with E-state index in [0.29, 0.717) is 0 Å². The predicted molar refractivity (Wildman–Crippen MR) is 50.6 cm³/mol. The molecule has 0 aliphatic rings. The lowest BCUT2D eigenvalue weighted by Crippen LogP contribution is -2.08. The molecule has 0 fully saturated rings. The molecule has 0 aliphatic carbocycles. The molecule has 0 unspecified atom stereocenters. The molecule has 0 saturated carbocycles. The van der Waals surface area contributed by atoms with Crippen LogP contribution in [0.1, 0.15) is 36.6 Å². The van der Waals surface area contributed by atoms with E-state index in [1.54, 1.807) is 0 Å². The van der Waals surface area contributed by atoms with Crippen LogP contribution in [0.5, 0.6) is 0 Å². The molecule has 0 radical (unpaired) electrons. The average molecular weight is 214 g/mol. The molecule has 0 aliphatic heterocycles. The molecule has 0 N–H and O–H groups in total. The van der Waals surface area contributed by atoms with Gasteiger partial charge >= 0.3 is 6.18 Å². The van der Waals surface area contributed by atoms with Crippen LogP contribution < -0.4 is 0 Å². The van der Waals surface area contributed by atoms with E-state index in [0.717, 1.165) is 0 Å². The second kappa shape index (κ2) is 22.6. The van der Waals surface area contributed by atoms with Crippen molar-refractivity contribution in [3.8, 4) is 0 Å². The summed E-state index contributed by atoms with van der Waals surface area (Å²) in [5.41, 5.74) is 0. The molecule has 0 bridgehead atoms. The van der Waals surface area contributed by atoms with Crippen LogP contribution in [-0.4, -0.2) is 19.5 Å². The van der Waals surface area contributed by atoms with E-state index in [1.807, 2.05) is 0 Å². The van der Waals surface area contributed by atoms with Crippen molar-refractivity contribution in [2.24, 2.45) is 0 Å². The maximum Gasteiger partial charge on any atom is 0.416 e. The van der Waals surface area contributed by atoms with Crippen LogP contribution in [0.25, 0.3) is 0 Å². The van der Waals surface area contributed by atoms with Gasteiger partial charge in [0.15, 0.2) is 6.67 Å². The quantitative estimate of drug-likeness (QED) is 0.495. The number of alkyl halides is 5. The van der Waals surface area contributed by atoms with Gasteiger partial charge in [-0.3, -0.25) is 4.39 Å². The third kappa shape index (κ3) is 154. The normalized spacial score (nSPS) is 6.92. The summed E-state index contributed by atoms with van der Waals surface area (Å²) in [7, 11) is 0. The fourth-order valence-electron chi connectivity index (χ4n) is 0. The highest BCUT2D eigenvalue weighted by Gasteiger charge is 2.26. The van der Waals surface area contributed by atoms with Crippen LogP contribution in [0.15, 0.2) is 0 Å². The Kier molecular flexibility index (Phi) is 67.4. The van der Waals surface area contributed by atoms with E-state index in [2.05, 4.69) is 0 Å². The standard InChI is InChI=1S/C2H2F4.C2H5F.4CH4/c3-1-2(4,5)6;1-2-3;;;;/h1H2;2H2,1H3;4*1H4. The van der Waals surface area contributed by atoms with Crippen molar-refractivity contribution in [1.29, 1.82) is 0 Å². The number of halogens is 5. The first-order valence-corrected chi connectivity index (χ1v) is 2.16. The minimum absolute atomic E-state index is 0. The van der Waals surface area contributed by atoms with Gasteiger partial charge in [-0.15, -0.1) is 0 Å². The fourth-order valence-corrected chi connectivity index (χ4v) is 0. The average Bonchev–Trinajstić information content (AvgIpc) is 1.67. The van der Waals surface area contributed by atoms with Gasteiger partial charge in [-0.05, 0) is 6.92 Å². The molecule has 0 atom stereocenters. The molecule has 0 aromatic heterocycles. The molecule has 0 nitrogen and oxygen atoms in total. The van der Waals surface area contributed by atoms with Gasteiger partial charge in [0, 0.05) is 0 Å². The molecule has 0 amide bonds. The Bertz CT molecular complexity index is 51.0. The highest BCUT2D eigenvalue weighted by Crippen LogP contribution is 2.13. The van der Waals surface area contributed by atoms with Crippen molar-refractivity contribution in [1.82, 2.24) is 0 Å². The molecule has 90 valence electrons. The Morgan fingerprint density at radius 1 is 0.846 bits per heavy atom. The summed E-state index contributed by atoms with van der Waals surface area (Å²) in [6.07, 6.45) is -4.62. The van der Waals surface area contributed by atoms with Crippen LogP contribution in [-0.2, 0) is 0 Å². The minimum atomic E-state index is -4.62. The molecular weight excluding hydrogens is 191 g/mol. The van der Waals surface area contributed by atoms with Crippen molar-refractivity contribution in [2.75, 3.05) is 13.3 Å². The Morgan fingerprint density at radius 2 is 0.923 bits per heavy atom. The summed E-state index contributed by atoms with van der Waals surface area (Å²) < 4.78 is 51.9. The topological polar surface area (TPSA) is 0 Å². The zero-order valence-corrected chi connectivity index (χ0v) is 4.80. The summed E-state index contributed by atoms with van der Waals surface area (Å²) in [5, 5.41) is 0. The molecule has 0 aromatic carbocycles. The van der Waals surface area contributed by atoms with Crippen LogP contribution in [0, 0.1) is 0 Å². The van der Waals surface area contributed by atoms with E-state index in [4.69, 9.17) is 0 Å². The summed E-state index contributed by atoms with van der Waals surface area (Å²) in [6, 6.07) is 0. The van der Waals surface area contributed by atoms with E-state index >= 15 is 0 Å².